The topological polar surface area (TPSA) is 62.4 Å². The van der Waals surface area contributed by atoms with Crippen molar-refractivity contribution in [3.05, 3.63) is 35.1 Å². The third-order valence-electron chi connectivity index (χ3n) is 3.68. The van der Waals surface area contributed by atoms with Gasteiger partial charge in [0.25, 0.3) is 5.89 Å². The van der Waals surface area contributed by atoms with Crippen molar-refractivity contribution in [1.82, 2.24) is 15.0 Å². The van der Waals surface area contributed by atoms with Crippen molar-refractivity contribution in [2.24, 2.45) is 0 Å². The second-order valence-electron chi connectivity index (χ2n) is 5.83. The highest BCUT2D eigenvalue weighted by atomic mass is 35.5. The molecule has 6 heteroatoms. The van der Waals surface area contributed by atoms with Crippen LogP contribution in [-0.2, 0) is 6.54 Å². The van der Waals surface area contributed by atoms with Gasteiger partial charge in [-0.05, 0) is 50.6 Å². The van der Waals surface area contributed by atoms with Crippen LogP contribution in [0.15, 0.2) is 28.8 Å². The molecule has 0 spiro atoms. The summed E-state index contributed by atoms with van der Waals surface area (Å²) >= 11 is 5.86. The Balaban J connectivity index is 1.69. The van der Waals surface area contributed by atoms with Crippen molar-refractivity contribution < 1.29 is 9.63 Å². The molecule has 1 N–H and O–H groups in total. The summed E-state index contributed by atoms with van der Waals surface area (Å²) in [7, 11) is 0. The van der Waals surface area contributed by atoms with Gasteiger partial charge in [-0.3, -0.25) is 4.90 Å². The maximum Gasteiger partial charge on any atom is 0.257 e. The predicted molar refractivity (Wildman–Crippen MR) is 79.9 cm³/mol. The minimum absolute atomic E-state index is 0.491. The summed E-state index contributed by atoms with van der Waals surface area (Å²) < 4.78 is 5.29. The fraction of sp³-hybridized carbons (Fsp3) is 0.467. The quantitative estimate of drug-likeness (QED) is 0.944. The first-order valence-corrected chi connectivity index (χ1v) is 7.43. The van der Waals surface area contributed by atoms with Crippen molar-refractivity contribution in [3.63, 3.8) is 0 Å². The van der Waals surface area contributed by atoms with E-state index in [4.69, 9.17) is 16.1 Å². The number of rotatable bonds is 3. The molecule has 2 aromatic rings. The zero-order valence-corrected chi connectivity index (χ0v) is 12.7. The maximum atomic E-state index is 10.1. The SMILES string of the molecule is CC1(O)CCCN(Cc2noc(-c3ccc(Cl)cc3)n2)C1. The van der Waals surface area contributed by atoms with Crippen molar-refractivity contribution in [3.8, 4) is 11.5 Å². The van der Waals surface area contributed by atoms with E-state index in [0.717, 1.165) is 24.9 Å². The molecule has 1 unspecified atom stereocenters. The van der Waals surface area contributed by atoms with Gasteiger partial charge in [-0.25, -0.2) is 0 Å². The fourth-order valence-corrected chi connectivity index (χ4v) is 2.81. The minimum atomic E-state index is -0.624. The Morgan fingerprint density at radius 3 is 2.86 bits per heavy atom. The van der Waals surface area contributed by atoms with Crippen LogP contribution in [0.5, 0.6) is 0 Å². The van der Waals surface area contributed by atoms with E-state index in [1.54, 1.807) is 12.1 Å². The van der Waals surface area contributed by atoms with Gasteiger partial charge in [-0.2, -0.15) is 4.98 Å². The number of likely N-dealkylation sites (tertiary alicyclic amines) is 1. The van der Waals surface area contributed by atoms with Gasteiger partial charge in [-0.15, -0.1) is 0 Å². The smallest absolute Gasteiger partial charge is 0.257 e. The van der Waals surface area contributed by atoms with E-state index in [2.05, 4.69) is 15.0 Å². The third-order valence-corrected chi connectivity index (χ3v) is 3.93. The number of β-amino-alcohol motifs (C(OH)–C–C–N with tert-alkyl or cyclic N) is 1. The van der Waals surface area contributed by atoms with Crippen LogP contribution in [-0.4, -0.2) is 38.8 Å². The van der Waals surface area contributed by atoms with Gasteiger partial charge in [0.15, 0.2) is 5.82 Å². The number of benzene rings is 1. The lowest BCUT2D eigenvalue weighted by atomic mass is 9.95. The molecule has 1 saturated heterocycles. The van der Waals surface area contributed by atoms with E-state index in [1.165, 1.54) is 0 Å². The molecule has 1 aromatic heterocycles. The third kappa shape index (κ3) is 3.61. The summed E-state index contributed by atoms with van der Waals surface area (Å²) in [5, 5.41) is 14.8. The molecule has 3 rings (SSSR count). The molecule has 1 aromatic carbocycles. The molecule has 0 amide bonds. The number of hydrogen-bond acceptors (Lipinski definition) is 5. The normalized spacial score (nSPS) is 23.4. The first-order valence-electron chi connectivity index (χ1n) is 7.05. The molecule has 1 atom stereocenters. The molecule has 1 aliphatic heterocycles. The van der Waals surface area contributed by atoms with Gasteiger partial charge in [-0.1, -0.05) is 16.8 Å². The lowest BCUT2D eigenvalue weighted by Crippen LogP contribution is -2.45. The summed E-state index contributed by atoms with van der Waals surface area (Å²) in [4.78, 5) is 6.56. The van der Waals surface area contributed by atoms with Crippen LogP contribution in [0.25, 0.3) is 11.5 Å². The Labute approximate surface area is 128 Å². The van der Waals surface area contributed by atoms with Crippen LogP contribution >= 0.6 is 11.6 Å². The summed E-state index contributed by atoms with van der Waals surface area (Å²) in [6.07, 6.45) is 1.82. The van der Waals surface area contributed by atoms with Crippen molar-refractivity contribution in [2.75, 3.05) is 13.1 Å². The highest BCUT2D eigenvalue weighted by Gasteiger charge is 2.29. The van der Waals surface area contributed by atoms with Crippen molar-refractivity contribution in [1.29, 1.82) is 0 Å². The lowest BCUT2D eigenvalue weighted by Gasteiger charge is -2.36. The summed E-state index contributed by atoms with van der Waals surface area (Å²) in [5.74, 6) is 1.13. The standard InChI is InChI=1S/C15H18ClN3O2/c1-15(20)7-2-8-19(10-15)9-13-17-14(21-18-13)11-3-5-12(16)6-4-11/h3-6,20H,2,7-10H2,1H3. The molecule has 0 aliphatic carbocycles. The summed E-state index contributed by atoms with van der Waals surface area (Å²) in [6, 6.07) is 7.29. The second kappa shape index (κ2) is 5.75. The van der Waals surface area contributed by atoms with Gasteiger partial charge in [0.1, 0.15) is 0 Å². The van der Waals surface area contributed by atoms with Crippen LogP contribution in [0, 0.1) is 0 Å². The van der Waals surface area contributed by atoms with Gasteiger partial charge in [0.05, 0.1) is 12.1 Å². The van der Waals surface area contributed by atoms with E-state index < -0.39 is 5.60 Å². The van der Waals surface area contributed by atoms with E-state index in [9.17, 15) is 5.11 Å². The largest absolute Gasteiger partial charge is 0.389 e. The minimum Gasteiger partial charge on any atom is -0.389 e. The predicted octanol–water partition coefficient (Wildman–Crippen LogP) is 2.74. The molecule has 0 saturated carbocycles. The van der Waals surface area contributed by atoms with Crippen LogP contribution < -0.4 is 0 Å². The Morgan fingerprint density at radius 2 is 2.14 bits per heavy atom. The molecule has 5 nitrogen and oxygen atoms in total. The molecule has 0 bridgehead atoms. The van der Waals surface area contributed by atoms with Crippen molar-refractivity contribution in [2.45, 2.75) is 31.9 Å². The van der Waals surface area contributed by atoms with E-state index >= 15 is 0 Å². The van der Waals surface area contributed by atoms with Crippen LogP contribution in [0.4, 0.5) is 0 Å². The highest BCUT2D eigenvalue weighted by Crippen LogP contribution is 2.23. The number of hydrogen-bond donors (Lipinski definition) is 1. The number of aliphatic hydroxyl groups is 1. The first-order chi connectivity index (χ1) is 10.0. The van der Waals surface area contributed by atoms with E-state index in [-0.39, 0.29) is 0 Å². The Kier molecular flexibility index (Phi) is 3.97. The molecule has 21 heavy (non-hydrogen) atoms. The Hall–Kier alpha value is -1.43. The van der Waals surface area contributed by atoms with Gasteiger partial charge in [0, 0.05) is 17.1 Å². The molecule has 1 fully saturated rings. The number of halogens is 1. The average molecular weight is 308 g/mol. The lowest BCUT2D eigenvalue weighted by molar-refractivity contribution is -0.0190. The van der Waals surface area contributed by atoms with Gasteiger partial charge >= 0.3 is 0 Å². The highest BCUT2D eigenvalue weighted by molar-refractivity contribution is 6.30. The summed E-state index contributed by atoms with van der Waals surface area (Å²) in [6.45, 7) is 4.04. The second-order valence-corrected chi connectivity index (χ2v) is 6.27. The number of nitrogens with zero attached hydrogens (tertiary/aromatic N) is 3. The molecule has 112 valence electrons. The van der Waals surface area contributed by atoms with Crippen LogP contribution in [0.1, 0.15) is 25.6 Å². The van der Waals surface area contributed by atoms with Gasteiger partial charge in [0.2, 0.25) is 0 Å². The van der Waals surface area contributed by atoms with Crippen molar-refractivity contribution >= 4 is 11.6 Å². The Morgan fingerprint density at radius 1 is 1.38 bits per heavy atom. The van der Waals surface area contributed by atoms with E-state index in [1.807, 2.05) is 19.1 Å². The zero-order chi connectivity index (χ0) is 14.9. The molecular weight excluding hydrogens is 290 g/mol. The van der Waals surface area contributed by atoms with Crippen LogP contribution in [0.2, 0.25) is 5.02 Å². The summed E-state index contributed by atoms with van der Waals surface area (Å²) in [5.41, 5.74) is 0.227. The fourth-order valence-electron chi connectivity index (χ4n) is 2.69. The molecule has 0 radical (unpaired) electrons. The molecule has 1 aliphatic rings. The number of piperidine rings is 1. The molecular formula is C15H18ClN3O2. The molecule has 2 heterocycles. The van der Waals surface area contributed by atoms with Gasteiger partial charge < -0.3 is 9.63 Å². The van der Waals surface area contributed by atoms with Crippen LogP contribution in [0.3, 0.4) is 0 Å². The monoisotopic (exact) mass is 307 g/mol. The first kappa shape index (κ1) is 14.5. The zero-order valence-electron chi connectivity index (χ0n) is 11.9. The average Bonchev–Trinajstić information content (AvgIpc) is 2.87. The maximum absolute atomic E-state index is 10.1. The van der Waals surface area contributed by atoms with E-state index in [0.29, 0.717) is 29.8 Å². The Bertz CT molecular complexity index is 610. The number of aromatic nitrogens is 2.